The predicted octanol–water partition coefficient (Wildman–Crippen LogP) is 1.46. The number of halogens is 1. The number of methoxy groups -OCH3 is 1. The maximum Gasteiger partial charge on any atom is 0.291 e. The van der Waals surface area contributed by atoms with E-state index in [1.807, 2.05) is 0 Å². The Labute approximate surface area is 151 Å². The maximum atomic E-state index is 13.1. The van der Waals surface area contributed by atoms with E-state index in [0.717, 1.165) is 25.9 Å². The Morgan fingerprint density at radius 2 is 2.04 bits per heavy atom. The molecule has 2 aromatic rings. The third-order valence-electron chi connectivity index (χ3n) is 4.78. The Bertz CT molecular complexity index is 748. The predicted molar refractivity (Wildman–Crippen MR) is 94.8 cm³/mol. The Kier molecular flexibility index (Phi) is 5.63. The zero-order valence-corrected chi connectivity index (χ0v) is 15.1. The molecule has 7 nitrogen and oxygen atoms in total. The van der Waals surface area contributed by atoms with Gasteiger partial charge >= 0.3 is 0 Å². The maximum absolute atomic E-state index is 13.1. The van der Waals surface area contributed by atoms with Crippen molar-refractivity contribution in [2.45, 2.75) is 19.8 Å². The second-order valence-electron chi connectivity index (χ2n) is 6.74. The van der Waals surface area contributed by atoms with Gasteiger partial charge in [-0.05, 0) is 57.1 Å². The van der Waals surface area contributed by atoms with Gasteiger partial charge in [0.2, 0.25) is 5.82 Å². The smallest absolute Gasteiger partial charge is 0.291 e. The average molecular weight is 361 g/mol. The zero-order chi connectivity index (χ0) is 18.6. The van der Waals surface area contributed by atoms with Crippen LogP contribution < -0.4 is 10.6 Å². The monoisotopic (exact) mass is 361 g/mol. The lowest BCUT2D eigenvalue weighted by Crippen LogP contribution is -2.47. The van der Waals surface area contributed by atoms with Gasteiger partial charge in [0.05, 0.1) is 12.3 Å². The van der Waals surface area contributed by atoms with Gasteiger partial charge in [0.25, 0.3) is 5.91 Å². The van der Waals surface area contributed by atoms with E-state index in [2.05, 4.69) is 20.7 Å². The van der Waals surface area contributed by atoms with Crippen LogP contribution in [0.1, 0.15) is 29.3 Å². The number of nitrogens with one attached hydrogen (secondary N) is 2. The van der Waals surface area contributed by atoms with Gasteiger partial charge in [-0.25, -0.2) is 14.1 Å². The summed E-state index contributed by atoms with van der Waals surface area (Å²) >= 11 is 0. The number of carbonyl (C=O) groups is 1. The van der Waals surface area contributed by atoms with Crippen molar-refractivity contribution in [2.75, 3.05) is 33.4 Å². The van der Waals surface area contributed by atoms with Crippen molar-refractivity contribution < 1.29 is 13.9 Å². The number of carbonyl (C=O) groups excluding carboxylic acids is 1. The molecule has 0 bridgehead atoms. The first-order valence-corrected chi connectivity index (χ1v) is 8.70. The van der Waals surface area contributed by atoms with Crippen LogP contribution in [0.2, 0.25) is 0 Å². The van der Waals surface area contributed by atoms with Crippen molar-refractivity contribution >= 4 is 5.91 Å². The number of ether oxygens (including phenoxy) is 1. The molecule has 0 unspecified atom stereocenters. The first-order valence-electron chi connectivity index (χ1n) is 8.70. The molecular weight excluding hydrogens is 337 g/mol. The number of amides is 1. The molecule has 1 fully saturated rings. The molecule has 0 saturated carbocycles. The van der Waals surface area contributed by atoms with Crippen LogP contribution in [0.25, 0.3) is 5.69 Å². The van der Waals surface area contributed by atoms with Crippen LogP contribution in [-0.4, -0.2) is 54.0 Å². The summed E-state index contributed by atoms with van der Waals surface area (Å²) in [5.74, 6) is 0.0291. The Hall–Kier alpha value is -2.32. The second-order valence-corrected chi connectivity index (χ2v) is 6.74. The van der Waals surface area contributed by atoms with E-state index in [9.17, 15) is 9.18 Å². The van der Waals surface area contributed by atoms with Gasteiger partial charge in [-0.1, -0.05) is 0 Å². The van der Waals surface area contributed by atoms with Gasteiger partial charge in [-0.15, -0.1) is 5.10 Å². The summed E-state index contributed by atoms with van der Waals surface area (Å²) in [4.78, 5) is 16.8. The summed E-state index contributed by atoms with van der Waals surface area (Å²) in [5, 5.41) is 10.5. The summed E-state index contributed by atoms with van der Waals surface area (Å²) < 4.78 is 20.0. The largest absolute Gasteiger partial charge is 0.384 e. The van der Waals surface area contributed by atoms with Crippen molar-refractivity contribution in [3.8, 4) is 5.69 Å². The minimum Gasteiger partial charge on any atom is -0.384 e. The molecule has 26 heavy (non-hydrogen) atoms. The topological polar surface area (TPSA) is 81.1 Å². The molecule has 1 aliphatic heterocycles. The third kappa shape index (κ3) is 4.08. The molecule has 1 saturated heterocycles. The van der Waals surface area contributed by atoms with Crippen LogP contribution in [0.4, 0.5) is 4.39 Å². The molecule has 140 valence electrons. The first-order chi connectivity index (χ1) is 12.5. The SMILES string of the molecule is COCC1(CNC(=O)c2nc(C)n(-c3ccc(F)cc3)n2)CCNCC1. The molecule has 0 spiro atoms. The highest BCUT2D eigenvalue weighted by molar-refractivity contribution is 5.90. The van der Waals surface area contributed by atoms with Crippen LogP contribution in [0.15, 0.2) is 24.3 Å². The van der Waals surface area contributed by atoms with E-state index < -0.39 is 0 Å². The summed E-state index contributed by atoms with van der Waals surface area (Å²) in [6.07, 6.45) is 1.88. The van der Waals surface area contributed by atoms with E-state index in [0.29, 0.717) is 24.7 Å². The highest BCUT2D eigenvalue weighted by atomic mass is 19.1. The van der Waals surface area contributed by atoms with Gasteiger partial charge in [-0.3, -0.25) is 4.79 Å². The fourth-order valence-corrected chi connectivity index (χ4v) is 3.30. The molecule has 3 rings (SSSR count). The first kappa shape index (κ1) is 18.5. The molecule has 0 aliphatic carbocycles. The number of rotatable bonds is 6. The summed E-state index contributed by atoms with van der Waals surface area (Å²) in [6, 6.07) is 5.90. The minimum atomic E-state index is -0.324. The van der Waals surface area contributed by atoms with Crippen molar-refractivity contribution in [1.82, 2.24) is 25.4 Å². The number of nitrogens with zero attached hydrogens (tertiary/aromatic N) is 3. The van der Waals surface area contributed by atoms with Crippen LogP contribution in [0.5, 0.6) is 0 Å². The fourth-order valence-electron chi connectivity index (χ4n) is 3.30. The van der Waals surface area contributed by atoms with E-state index in [4.69, 9.17) is 4.74 Å². The van der Waals surface area contributed by atoms with E-state index in [-0.39, 0.29) is 23.0 Å². The molecule has 2 N–H and O–H groups in total. The molecule has 1 aromatic carbocycles. The van der Waals surface area contributed by atoms with Gasteiger partial charge in [-0.2, -0.15) is 0 Å². The Balaban J connectivity index is 1.70. The highest BCUT2D eigenvalue weighted by Crippen LogP contribution is 2.28. The van der Waals surface area contributed by atoms with Crippen molar-refractivity contribution in [1.29, 1.82) is 0 Å². The Morgan fingerprint density at radius 3 is 2.69 bits per heavy atom. The molecule has 1 aromatic heterocycles. The number of benzene rings is 1. The molecule has 1 amide bonds. The van der Waals surface area contributed by atoms with Crippen molar-refractivity contribution in [3.63, 3.8) is 0 Å². The quantitative estimate of drug-likeness (QED) is 0.814. The average Bonchev–Trinajstić information content (AvgIpc) is 3.03. The van der Waals surface area contributed by atoms with Gasteiger partial charge in [0.15, 0.2) is 0 Å². The minimum absolute atomic E-state index is 0.0653. The molecule has 0 radical (unpaired) electrons. The van der Waals surface area contributed by atoms with E-state index in [1.54, 1.807) is 26.2 Å². The van der Waals surface area contributed by atoms with Crippen LogP contribution in [-0.2, 0) is 4.74 Å². The number of hydrogen-bond donors (Lipinski definition) is 2. The van der Waals surface area contributed by atoms with Gasteiger partial charge in [0, 0.05) is 19.1 Å². The van der Waals surface area contributed by atoms with Crippen molar-refractivity contribution in [3.05, 3.63) is 41.7 Å². The Morgan fingerprint density at radius 1 is 1.35 bits per heavy atom. The summed E-state index contributed by atoms with van der Waals surface area (Å²) in [6.45, 7) is 4.70. The van der Waals surface area contributed by atoms with Crippen LogP contribution in [0, 0.1) is 18.2 Å². The summed E-state index contributed by atoms with van der Waals surface area (Å²) in [5.41, 5.74) is 0.592. The lowest BCUT2D eigenvalue weighted by atomic mass is 9.79. The fraction of sp³-hybridized carbons (Fsp3) is 0.500. The standard InChI is InChI=1S/C18H24FN5O2/c1-13-22-16(23-24(13)15-5-3-14(19)4-6-15)17(25)21-11-18(12-26-2)7-9-20-10-8-18/h3-6,20H,7-12H2,1-2H3,(H,21,25). The van der Waals surface area contributed by atoms with E-state index in [1.165, 1.54) is 16.8 Å². The second kappa shape index (κ2) is 7.92. The molecular formula is C18H24FN5O2. The van der Waals surface area contributed by atoms with E-state index >= 15 is 0 Å². The molecule has 0 atom stereocenters. The number of piperidine rings is 1. The van der Waals surface area contributed by atoms with Crippen LogP contribution in [0.3, 0.4) is 0 Å². The lowest BCUT2D eigenvalue weighted by molar-refractivity contribution is 0.0509. The molecule has 2 heterocycles. The molecule has 8 heteroatoms. The number of aromatic nitrogens is 3. The van der Waals surface area contributed by atoms with Crippen LogP contribution >= 0.6 is 0 Å². The van der Waals surface area contributed by atoms with Gasteiger partial charge in [0.1, 0.15) is 11.6 Å². The number of hydrogen-bond acceptors (Lipinski definition) is 5. The van der Waals surface area contributed by atoms with Crippen molar-refractivity contribution in [2.24, 2.45) is 5.41 Å². The third-order valence-corrected chi connectivity index (χ3v) is 4.78. The normalized spacial score (nSPS) is 16.4. The lowest BCUT2D eigenvalue weighted by Gasteiger charge is -2.37. The summed E-state index contributed by atoms with van der Waals surface area (Å²) in [7, 11) is 1.68. The highest BCUT2D eigenvalue weighted by Gasteiger charge is 2.33. The molecule has 1 aliphatic rings. The van der Waals surface area contributed by atoms with Gasteiger partial charge < -0.3 is 15.4 Å². The zero-order valence-electron chi connectivity index (χ0n) is 15.1. The number of aryl methyl sites for hydroxylation is 1.